The molecule has 1 aliphatic heterocycles. The Morgan fingerprint density at radius 2 is 2.00 bits per heavy atom. The average Bonchev–Trinajstić information content (AvgIpc) is 2.77. The fourth-order valence-electron chi connectivity index (χ4n) is 2.76. The molecule has 0 amide bonds. The number of benzene rings is 1. The van der Waals surface area contributed by atoms with Crippen molar-refractivity contribution in [3.63, 3.8) is 0 Å². The molecular formula is C17H20N3. The van der Waals surface area contributed by atoms with Crippen molar-refractivity contribution in [2.45, 2.75) is 13.3 Å². The summed E-state index contributed by atoms with van der Waals surface area (Å²) >= 11 is 0. The van der Waals surface area contributed by atoms with E-state index in [1.165, 1.54) is 23.2 Å². The molecule has 0 atom stereocenters. The summed E-state index contributed by atoms with van der Waals surface area (Å²) in [5.74, 6) is 0. The highest BCUT2D eigenvalue weighted by molar-refractivity contribution is 5.72. The topological polar surface area (TPSA) is 28.2 Å². The second-order valence-corrected chi connectivity index (χ2v) is 5.21. The lowest BCUT2D eigenvalue weighted by Crippen LogP contribution is -2.28. The van der Waals surface area contributed by atoms with Gasteiger partial charge in [-0.05, 0) is 31.0 Å². The van der Waals surface area contributed by atoms with Gasteiger partial charge in [0.2, 0.25) is 0 Å². The molecule has 0 saturated carbocycles. The van der Waals surface area contributed by atoms with Gasteiger partial charge in [-0.2, -0.15) is 0 Å². The Bertz CT molecular complexity index is 558. The van der Waals surface area contributed by atoms with Crippen molar-refractivity contribution in [2.75, 3.05) is 31.1 Å². The number of aromatic nitrogens is 1. The Kier molecular flexibility index (Phi) is 3.97. The zero-order chi connectivity index (χ0) is 13.8. The molecular weight excluding hydrogens is 246 g/mol. The lowest BCUT2D eigenvalue weighted by Gasteiger charge is -2.24. The molecule has 1 radical (unpaired) electrons. The first-order valence-corrected chi connectivity index (χ1v) is 7.24. The maximum atomic E-state index is 4.34. The molecule has 0 bridgehead atoms. The smallest absolute Gasteiger partial charge is 0.0975 e. The second-order valence-electron chi connectivity index (χ2n) is 5.21. The summed E-state index contributed by atoms with van der Waals surface area (Å²) in [5, 5.41) is 3.44. The van der Waals surface area contributed by atoms with Crippen LogP contribution in [0.5, 0.6) is 0 Å². The molecule has 0 aliphatic carbocycles. The van der Waals surface area contributed by atoms with Gasteiger partial charge in [-0.3, -0.25) is 4.98 Å². The Morgan fingerprint density at radius 3 is 2.85 bits per heavy atom. The highest BCUT2D eigenvalue weighted by Crippen LogP contribution is 2.29. The minimum absolute atomic E-state index is 1.04. The number of pyridine rings is 1. The summed E-state index contributed by atoms with van der Waals surface area (Å²) in [4.78, 5) is 6.77. The molecule has 103 valence electrons. The molecule has 3 rings (SSSR count). The quantitative estimate of drug-likeness (QED) is 0.906. The molecule has 1 fully saturated rings. The molecule has 3 heteroatoms. The molecule has 0 spiro atoms. The van der Waals surface area contributed by atoms with Gasteiger partial charge in [0.25, 0.3) is 0 Å². The maximum Gasteiger partial charge on any atom is 0.0975 e. The Morgan fingerprint density at radius 1 is 1.15 bits per heavy atom. The van der Waals surface area contributed by atoms with Gasteiger partial charge in [0.15, 0.2) is 0 Å². The first-order chi connectivity index (χ1) is 9.86. The molecule has 2 heterocycles. The van der Waals surface area contributed by atoms with Crippen LogP contribution in [0.1, 0.15) is 12.0 Å². The lowest BCUT2D eigenvalue weighted by atomic mass is 10.0. The fraction of sp³-hybridized carbons (Fsp3) is 0.353. The summed E-state index contributed by atoms with van der Waals surface area (Å²) in [6.45, 7) is 6.45. The standard InChI is InChI=1S/C17H20N3/c1-14-16(15-6-3-2-4-7-15)12-19-13-17(14)20-10-5-8-18-9-11-20/h2-4,6-7,13,18H,5,8-11H2,1H3. The van der Waals surface area contributed by atoms with E-state index in [2.05, 4.69) is 52.6 Å². The Hall–Kier alpha value is -1.87. The number of anilines is 1. The van der Waals surface area contributed by atoms with Gasteiger partial charge in [-0.1, -0.05) is 30.3 Å². The SMILES string of the molecule is Cc1c(-c2ccccc2)[c]ncc1N1CCCNCC1. The highest BCUT2D eigenvalue weighted by atomic mass is 15.2. The zero-order valence-electron chi connectivity index (χ0n) is 11.9. The van der Waals surface area contributed by atoms with Gasteiger partial charge < -0.3 is 10.2 Å². The summed E-state index contributed by atoms with van der Waals surface area (Å²) in [6.07, 6.45) is 6.29. The zero-order valence-corrected chi connectivity index (χ0v) is 11.9. The van der Waals surface area contributed by atoms with Crippen LogP contribution in [-0.4, -0.2) is 31.2 Å². The monoisotopic (exact) mass is 266 g/mol. The van der Waals surface area contributed by atoms with Crippen LogP contribution in [0.2, 0.25) is 0 Å². The van der Waals surface area contributed by atoms with Crippen molar-refractivity contribution in [1.82, 2.24) is 10.3 Å². The summed E-state index contributed by atoms with van der Waals surface area (Å²) < 4.78 is 0. The number of nitrogens with one attached hydrogen (secondary N) is 1. The van der Waals surface area contributed by atoms with E-state index in [0.29, 0.717) is 0 Å². The van der Waals surface area contributed by atoms with Crippen molar-refractivity contribution in [3.05, 3.63) is 48.3 Å². The molecule has 2 aromatic rings. The molecule has 1 saturated heterocycles. The van der Waals surface area contributed by atoms with Crippen LogP contribution in [-0.2, 0) is 0 Å². The largest absolute Gasteiger partial charge is 0.369 e. The minimum Gasteiger partial charge on any atom is -0.369 e. The van der Waals surface area contributed by atoms with Crippen LogP contribution in [0.15, 0.2) is 36.5 Å². The van der Waals surface area contributed by atoms with Crippen LogP contribution in [0, 0.1) is 13.1 Å². The van der Waals surface area contributed by atoms with E-state index in [-0.39, 0.29) is 0 Å². The van der Waals surface area contributed by atoms with Crippen LogP contribution < -0.4 is 10.2 Å². The van der Waals surface area contributed by atoms with Gasteiger partial charge in [-0.15, -0.1) is 0 Å². The lowest BCUT2D eigenvalue weighted by molar-refractivity contribution is 0.724. The van der Waals surface area contributed by atoms with Gasteiger partial charge in [-0.25, -0.2) is 0 Å². The molecule has 1 aliphatic rings. The Balaban J connectivity index is 1.96. The predicted octanol–water partition coefficient (Wildman–Crippen LogP) is 2.66. The third kappa shape index (κ3) is 2.68. The Labute approximate surface area is 120 Å². The molecule has 20 heavy (non-hydrogen) atoms. The van der Waals surface area contributed by atoms with Gasteiger partial charge in [0, 0.05) is 25.2 Å². The van der Waals surface area contributed by atoms with Crippen molar-refractivity contribution < 1.29 is 0 Å². The van der Waals surface area contributed by atoms with Crippen LogP contribution in [0.25, 0.3) is 11.1 Å². The maximum absolute atomic E-state index is 4.34. The molecule has 1 N–H and O–H groups in total. The van der Waals surface area contributed by atoms with E-state index in [1.54, 1.807) is 0 Å². The highest BCUT2D eigenvalue weighted by Gasteiger charge is 2.14. The van der Waals surface area contributed by atoms with Crippen molar-refractivity contribution >= 4 is 5.69 Å². The fourth-order valence-corrected chi connectivity index (χ4v) is 2.76. The molecule has 0 unspecified atom stereocenters. The van der Waals surface area contributed by atoms with Crippen molar-refractivity contribution in [1.29, 1.82) is 0 Å². The third-order valence-electron chi connectivity index (χ3n) is 3.87. The third-order valence-corrected chi connectivity index (χ3v) is 3.87. The second kappa shape index (κ2) is 6.06. The molecule has 3 nitrogen and oxygen atoms in total. The minimum atomic E-state index is 1.04. The van der Waals surface area contributed by atoms with Crippen molar-refractivity contribution in [2.24, 2.45) is 0 Å². The number of rotatable bonds is 2. The van der Waals surface area contributed by atoms with E-state index < -0.39 is 0 Å². The van der Waals surface area contributed by atoms with Crippen LogP contribution in [0.4, 0.5) is 5.69 Å². The first kappa shape index (κ1) is 13.1. The van der Waals surface area contributed by atoms with Crippen LogP contribution in [0.3, 0.4) is 0 Å². The number of hydrogen-bond acceptors (Lipinski definition) is 3. The predicted molar refractivity (Wildman–Crippen MR) is 82.9 cm³/mol. The summed E-state index contributed by atoms with van der Waals surface area (Å²) in [5.41, 5.74) is 4.81. The van der Waals surface area contributed by atoms with E-state index in [9.17, 15) is 0 Å². The normalized spacial score (nSPS) is 15.9. The number of nitrogens with zero attached hydrogens (tertiary/aromatic N) is 2. The van der Waals surface area contributed by atoms with Crippen molar-refractivity contribution in [3.8, 4) is 11.1 Å². The average molecular weight is 266 g/mol. The first-order valence-electron chi connectivity index (χ1n) is 7.24. The van der Waals surface area contributed by atoms with E-state index in [1.807, 2.05) is 12.3 Å². The molecule has 1 aromatic heterocycles. The van der Waals surface area contributed by atoms with Gasteiger partial charge in [0.05, 0.1) is 18.1 Å². The summed E-state index contributed by atoms with van der Waals surface area (Å²) in [7, 11) is 0. The molecule has 1 aromatic carbocycles. The summed E-state index contributed by atoms with van der Waals surface area (Å²) in [6, 6.07) is 10.4. The van der Waals surface area contributed by atoms with Gasteiger partial charge in [0.1, 0.15) is 0 Å². The van der Waals surface area contributed by atoms with E-state index in [0.717, 1.165) is 31.7 Å². The van der Waals surface area contributed by atoms with E-state index in [4.69, 9.17) is 0 Å². The van der Waals surface area contributed by atoms with Gasteiger partial charge >= 0.3 is 0 Å². The number of hydrogen-bond donors (Lipinski definition) is 1. The van der Waals surface area contributed by atoms with Crippen LogP contribution >= 0.6 is 0 Å². The van der Waals surface area contributed by atoms with E-state index >= 15 is 0 Å².